The van der Waals surface area contributed by atoms with Crippen molar-refractivity contribution in [2.45, 2.75) is 23.3 Å². The Morgan fingerprint density at radius 3 is 1.26 bits per heavy atom. The lowest BCUT2D eigenvalue weighted by Crippen LogP contribution is -2.34. The summed E-state index contributed by atoms with van der Waals surface area (Å²) in [6.45, 7) is 0. The van der Waals surface area contributed by atoms with E-state index in [0.29, 0.717) is 0 Å². The molecule has 1 unspecified atom stereocenters. The van der Waals surface area contributed by atoms with Gasteiger partial charge in [-0.1, -0.05) is 182 Å². The number of benzene rings is 8. The number of fused-ring (bicyclic) bond motifs is 20. The van der Waals surface area contributed by atoms with Crippen molar-refractivity contribution in [3.8, 4) is 33.4 Å². The van der Waals surface area contributed by atoms with E-state index in [-0.39, 0.29) is 11.5 Å². The highest BCUT2D eigenvalue weighted by atomic mass is 15.2. The van der Waals surface area contributed by atoms with Crippen molar-refractivity contribution in [1.82, 2.24) is 0 Å². The largest absolute Gasteiger partial charge is 0.334 e. The maximum Gasteiger partial charge on any atom is 0.0726 e. The van der Waals surface area contributed by atoms with Gasteiger partial charge in [0.15, 0.2) is 0 Å². The zero-order chi connectivity index (χ0) is 37.3. The first-order valence-corrected chi connectivity index (χ1v) is 20.3. The third-order valence-corrected chi connectivity index (χ3v) is 13.8. The summed E-state index contributed by atoms with van der Waals surface area (Å²) in [5.41, 5.74) is 23.4. The molecule has 0 radical (unpaired) electrons. The summed E-state index contributed by atoms with van der Waals surface area (Å²) in [7, 11) is 0. The van der Waals surface area contributed by atoms with Crippen LogP contribution in [0.15, 0.2) is 212 Å². The number of rotatable bonds is 3. The molecule has 1 atom stereocenters. The molecular formula is C56H37N. The molecule has 0 aliphatic heterocycles. The molecule has 1 nitrogen and oxygen atoms in total. The van der Waals surface area contributed by atoms with Crippen molar-refractivity contribution in [2.24, 2.45) is 0 Å². The Labute approximate surface area is 333 Å². The Morgan fingerprint density at radius 1 is 0.351 bits per heavy atom. The summed E-state index contributed by atoms with van der Waals surface area (Å²) in [5, 5.41) is 0. The van der Waals surface area contributed by atoms with Crippen molar-refractivity contribution in [2.75, 3.05) is 4.90 Å². The van der Waals surface area contributed by atoms with Crippen molar-refractivity contribution < 1.29 is 0 Å². The summed E-state index contributed by atoms with van der Waals surface area (Å²) in [5.74, 6) is 0. The average molecular weight is 724 g/mol. The van der Waals surface area contributed by atoms with E-state index in [1.807, 2.05) is 0 Å². The molecule has 0 amide bonds. The molecule has 2 spiro atoms. The number of anilines is 2. The van der Waals surface area contributed by atoms with E-state index in [9.17, 15) is 0 Å². The van der Waals surface area contributed by atoms with Crippen LogP contribution in [0.5, 0.6) is 0 Å². The molecule has 13 rings (SSSR count). The Balaban J connectivity index is 1.05. The van der Waals surface area contributed by atoms with Crippen molar-refractivity contribution in [3.05, 3.63) is 256 Å². The molecule has 1 heteroatoms. The van der Waals surface area contributed by atoms with E-state index in [0.717, 1.165) is 6.42 Å². The van der Waals surface area contributed by atoms with Gasteiger partial charge in [0, 0.05) is 11.4 Å². The van der Waals surface area contributed by atoms with E-state index in [4.69, 9.17) is 0 Å². The van der Waals surface area contributed by atoms with Crippen molar-refractivity contribution in [1.29, 1.82) is 0 Å². The molecule has 0 saturated carbocycles. The predicted octanol–water partition coefficient (Wildman–Crippen LogP) is 13.3. The van der Waals surface area contributed by atoms with Crippen LogP contribution in [-0.4, -0.2) is 6.04 Å². The summed E-state index contributed by atoms with van der Waals surface area (Å²) in [4.78, 5) is 2.62. The first-order chi connectivity index (χ1) is 28.3. The second kappa shape index (κ2) is 11.3. The molecule has 0 bridgehead atoms. The number of hydrogen-bond acceptors (Lipinski definition) is 1. The topological polar surface area (TPSA) is 3.24 Å². The van der Waals surface area contributed by atoms with Crippen LogP contribution in [-0.2, 0) is 10.8 Å². The fraction of sp³-hybridized carbons (Fsp3) is 0.0714. The van der Waals surface area contributed by atoms with E-state index in [1.165, 1.54) is 100 Å². The zero-order valence-corrected chi connectivity index (χ0v) is 31.4. The molecule has 266 valence electrons. The van der Waals surface area contributed by atoms with Crippen LogP contribution in [0.3, 0.4) is 0 Å². The highest BCUT2D eigenvalue weighted by molar-refractivity contribution is 6.01. The Kier molecular flexibility index (Phi) is 6.20. The maximum absolute atomic E-state index is 2.64. The summed E-state index contributed by atoms with van der Waals surface area (Å²) < 4.78 is 0. The van der Waals surface area contributed by atoms with Gasteiger partial charge in [0.2, 0.25) is 0 Å². The van der Waals surface area contributed by atoms with Crippen LogP contribution < -0.4 is 4.90 Å². The van der Waals surface area contributed by atoms with Gasteiger partial charge in [0.1, 0.15) is 0 Å². The van der Waals surface area contributed by atoms with Crippen molar-refractivity contribution in [3.63, 3.8) is 0 Å². The standard InChI is InChI=1S/C56H37N/c1-2-16-36(17-3-1)57(37-30-32-45-43-22-8-14-28-51(43)55(53(45)34-37)47-24-10-4-18-39(47)40-19-5-11-25-48(40)55)38-31-33-46-44-23-9-15-29-52(44)56(54(46)35-38)49-26-12-6-20-41(49)42-21-7-13-27-50(42)56/h1-30,32-35,38H,31H2. The lowest BCUT2D eigenvalue weighted by molar-refractivity contribution is 0.735. The van der Waals surface area contributed by atoms with Gasteiger partial charge >= 0.3 is 0 Å². The minimum Gasteiger partial charge on any atom is -0.334 e. The second-order valence-corrected chi connectivity index (χ2v) is 16.2. The Bertz CT molecular complexity index is 2960. The van der Waals surface area contributed by atoms with Gasteiger partial charge in [-0.05, 0) is 120 Å². The highest BCUT2D eigenvalue weighted by Crippen LogP contribution is 2.66. The predicted molar refractivity (Wildman–Crippen MR) is 234 cm³/mol. The van der Waals surface area contributed by atoms with Gasteiger partial charge in [-0.3, -0.25) is 0 Å². The first-order valence-electron chi connectivity index (χ1n) is 20.3. The van der Waals surface area contributed by atoms with E-state index in [2.05, 4.69) is 211 Å². The molecule has 0 heterocycles. The van der Waals surface area contributed by atoms with Gasteiger partial charge in [-0.25, -0.2) is 0 Å². The van der Waals surface area contributed by atoms with Gasteiger partial charge in [0.05, 0.1) is 16.9 Å². The lowest BCUT2D eigenvalue weighted by atomic mass is 9.69. The number of allylic oxidation sites excluding steroid dienone is 2. The first kappa shape index (κ1) is 31.3. The van der Waals surface area contributed by atoms with Crippen LogP contribution >= 0.6 is 0 Å². The molecule has 0 saturated heterocycles. The molecule has 5 aliphatic rings. The third-order valence-electron chi connectivity index (χ3n) is 13.8. The van der Waals surface area contributed by atoms with Crippen LogP contribution in [0.1, 0.15) is 50.9 Å². The summed E-state index contributed by atoms with van der Waals surface area (Å²) >= 11 is 0. The monoisotopic (exact) mass is 723 g/mol. The molecule has 0 N–H and O–H groups in total. The third kappa shape index (κ3) is 3.80. The van der Waals surface area contributed by atoms with Gasteiger partial charge in [-0.2, -0.15) is 0 Å². The minimum atomic E-state index is -0.399. The zero-order valence-electron chi connectivity index (χ0n) is 31.4. The molecule has 57 heavy (non-hydrogen) atoms. The number of para-hydroxylation sites is 1. The molecule has 0 fully saturated rings. The number of hydrogen-bond donors (Lipinski definition) is 0. The summed E-state index contributed by atoms with van der Waals surface area (Å²) in [6.07, 6.45) is 6.08. The fourth-order valence-electron chi connectivity index (χ4n) is 11.8. The summed E-state index contributed by atoms with van der Waals surface area (Å²) in [6, 6.07) is 73.2. The van der Waals surface area contributed by atoms with Crippen LogP contribution in [0.4, 0.5) is 11.4 Å². The lowest BCUT2D eigenvalue weighted by Gasteiger charge is -2.38. The average Bonchev–Trinajstić information content (AvgIpc) is 3.96. The second-order valence-electron chi connectivity index (χ2n) is 16.2. The van der Waals surface area contributed by atoms with E-state index < -0.39 is 5.41 Å². The van der Waals surface area contributed by atoms with Crippen LogP contribution in [0.2, 0.25) is 0 Å². The van der Waals surface area contributed by atoms with E-state index in [1.54, 1.807) is 0 Å². The Hall–Kier alpha value is -6.96. The van der Waals surface area contributed by atoms with Crippen molar-refractivity contribution >= 4 is 16.9 Å². The Morgan fingerprint density at radius 2 is 0.754 bits per heavy atom. The minimum absolute atomic E-state index is 0.0817. The van der Waals surface area contributed by atoms with Gasteiger partial charge in [-0.15, -0.1) is 0 Å². The molecule has 0 aromatic heterocycles. The molecule has 5 aliphatic carbocycles. The maximum atomic E-state index is 2.64. The molecule has 8 aromatic rings. The van der Waals surface area contributed by atoms with Crippen LogP contribution in [0, 0.1) is 0 Å². The van der Waals surface area contributed by atoms with E-state index >= 15 is 0 Å². The number of nitrogens with zero attached hydrogens (tertiary/aromatic N) is 1. The normalized spacial score (nSPS) is 17.4. The molecule has 8 aromatic carbocycles. The highest BCUT2D eigenvalue weighted by Gasteiger charge is 2.55. The smallest absolute Gasteiger partial charge is 0.0726 e. The van der Waals surface area contributed by atoms with Crippen LogP contribution in [0.25, 0.3) is 39.0 Å². The quantitative estimate of drug-likeness (QED) is 0.175. The van der Waals surface area contributed by atoms with Gasteiger partial charge in [0.25, 0.3) is 0 Å². The molecular weight excluding hydrogens is 687 g/mol. The SMILES string of the molecule is C1=C2C(=CC(N(c3ccccc3)c3ccc4c(c3)C3(c5ccccc5-c5ccccc53)c3ccccc3-4)C1)C1(c3ccccc32)c2ccccc2-c2ccccc21. The fourth-order valence-corrected chi connectivity index (χ4v) is 11.8. The van der Waals surface area contributed by atoms with Gasteiger partial charge < -0.3 is 4.90 Å².